The number of nitrogens with one attached hydrogen (secondary N) is 2. The molecule has 3 rings (SSSR count). The molecule has 2 aromatic carbocycles. The summed E-state index contributed by atoms with van der Waals surface area (Å²) in [6, 6.07) is 16.9. The first-order valence-corrected chi connectivity index (χ1v) is 11.0. The van der Waals surface area contributed by atoms with Gasteiger partial charge >= 0.3 is 0 Å². The zero-order valence-electron chi connectivity index (χ0n) is 16.8. The Morgan fingerprint density at radius 2 is 1.68 bits per heavy atom. The number of hydrogen-bond donors (Lipinski definition) is 2. The van der Waals surface area contributed by atoms with E-state index in [1.54, 1.807) is 7.11 Å². The molecule has 0 bridgehead atoms. The van der Waals surface area contributed by atoms with Crippen LogP contribution in [0.4, 0.5) is 5.69 Å². The number of methoxy groups -OCH3 is 1. The maximum Gasteiger partial charge on any atom is 0.191 e. The van der Waals surface area contributed by atoms with Crippen LogP contribution in [-0.4, -0.2) is 44.2 Å². The Bertz CT molecular complexity index is 740. The van der Waals surface area contributed by atoms with Gasteiger partial charge in [0.2, 0.25) is 0 Å². The summed E-state index contributed by atoms with van der Waals surface area (Å²) in [7, 11) is 1.68. The predicted octanol–water partition coefficient (Wildman–Crippen LogP) is 3.50. The highest BCUT2D eigenvalue weighted by molar-refractivity contribution is 7.99. The van der Waals surface area contributed by atoms with Gasteiger partial charge in [0.05, 0.1) is 13.7 Å². The molecule has 0 radical (unpaired) electrons. The molecule has 150 valence electrons. The van der Waals surface area contributed by atoms with E-state index in [4.69, 9.17) is 4.74 Å². The highest BCUT2D eigenvalue weighted by atomic mass is 32.2. The van der Waals surface area contributed by atoms with Crippen molar-refractivity contribution in [1.29, 1.82) is 0 Å². The zero-order chi connectivity index (χ0) is 19.6. The first kappa shape index (κ1) is 20.4. The average molecular weight is 399 g/mol. The molecule has 0 spiro atoms. The van der Waals surface area contributed by atoms with Crippen molar-refractivity contribution in [3.8, 4) is 5.75 Å². The fraction of sp³-hybridized carbons (Fsp3) is 0.409. The summed E-state index contributed by atoms with van der Waals surface area (Å²) >= 11 is 2.04. The zero-order valence-corrected chi connectivity index (χ0v) is 17.6. The Morgan fingerprint density at radius 1 is 1.00 bits per heavy atom. The Labute approximate surface area is 172 Å². The van der Waals surface area contributed by atoms with E-state index in [-0.39, 0.29) is 0 Å². The lowest BCUT2D eigenvalue weighted by Crippen LogP contribution is -2.36. The molecular weight excluding hydrogens is 368 g/mol. The minimum absolute atomic E-state index is 0.630. The van der Waals surface area contributed by atoms with Gasteiger partial charge in [0.25, 0.3) is 0 Å². The van der Waals surface area contributed by atoms with E-state index in [0.29, 0.717) is 6.54 Å². The van der Waals surface area contributed by atoms with E-state index >= 15 is 0 Å². The first-order valence-electron chi connectivity index (χ1n) is 9.85. The van der Waals surface area contributed by atoms with E-state index in [0.717, 1.165) is 43.5 Å². The van der Waals surface area contributed by atoms with Gasteiger partial charge in [0.15, 0.2) is 5.96 Å². The van der Waals surface area contributed by atoms with Crippen molar-refractivity contribution in [1.82, 2.24) is 10.6 Å². The van der Waals surface area contributed by atoms with Gasteiger partial charge in [-0.05, 0) is 42.3 Å². The van der Waals surface area contributed by atoms with Crippen molar-refractivity contribution in [2.24, 2.45) is 4.99 Å². The van der Waals surface area contributed by atoms with E-state index in [1.807, 2.05) is 36.0 Å². The third kappa shape index (κ3) is 6.09. The number of benzene rings is 2. The van der Waals surface area contributed by atoms with E-state index in [1.165, 1.54) is 22.8 Å². The van der Waals surface area contributed by atoms with Gasteiger partial charge in [-0.2, -0.15) is 11.8 Å². The molecule has 1 heterocycles. The van der Waals surface area contributed by atoms with E-state index in [9.17, 15) is 0 Å². The minimum atomic E-state index is 0.630. The molecule has 0 atom stereocenters. The van der Waals surface area contributed by atoms with Crippen LogP contribution in [0, 0.1) is 0 Å². The first-order chi connectivity index (χ1) is 13.8. The SMILES string of the molecule is CCNC(=NCc1ccc(OC)cc1)NCc1ccc(N2CCSCC2)cc1. The molecule has 2 N–H and O–H groups in total. The maximum absolute atomic E-state index is 5.20. The van der Waals surface area contributed by atoms with E-state index in [2.05, 4.69) is 51.7 Å². The maximum atomic E-state index is 5.20. The summed E-state index contributed by atoms with van der Waals surface area (Å²) in [4.78, 5) is 7.15. The predicted molar refractivity (Wildman–Crippen MR) is 121 cm³/mol. The summed E-state index contributed by atoms with van der Waals surface area (Å²) in [5, 5.41) is 6.74. The van der Waals surface area contributed by atoms with Crippen molar-refractivity contribution >= 4 is 23.4 Å². The normalized spacial score (nSPS) is 14.6. The third-order valence-corrected chi connectivity index (χ3v) is 5.64. The van der Waals surface area contributed by atoms with Crippen LogP contribution in [0.3, 0.4) is 0 Å². The van der Waals surface area contributed by atoms with Crippen LogP contribution >= 0.6 is 11.8 Å². The summed E-state index contributed by atoms with van der Waals surface area (Å²) in [5.41, 5.74) is 3.73. The smallest absolute Gasteiger partial charge is 0.191 e. The second-order valence-corrected chi connectivity index (χ2v) is 7.89. The Kier molecular flexibility index (Phi) is 7.91. The fourth-order valence-electron chi connectivity index (χ4n) is 3.07. The lowest BCUT2D eigenvalue weighted by atomic mass is 10.2. The van der Waals surface area contributed by atoms with E-state index < -0.39 is 0 Å². The lowest BCUT2D eigenvalue weighted by Gasteiger charge is -2.28. The van der Waals surface area contributed by atoms with Crippen molar-refractivity contribution < 1.29 is 4.74 Å². The standard InChI is InChI=1S/C22H30N4OS/c1-3-23-22(25-17-19-6-10-21(27-2)11-7-19)24-16-18-4-8-20(9-5-18)26-12-14-28-15-13-26/h4-11H,3,12-17H2,1-2H3,(H2,23,24,25). The minimum Gasteiger partial charge on any atom is -0.497 e. The van der Waals surface area contributed by atoms with Gasteiger partial charge in [-0.1, -0.05) is 24.3 Å². The Morgan fingerprint density at radius 3 is 2.32 bits per heavy atom. The number of ether oxygens (including phenoxy) is 1. The van der Waals surface area contributed by atoms with Crippen molar-refractivity contribution in [2.75, 3.05) is 43.1 Å². The van der Waals surface area contributed by atoms with Gasteiger partial charge in [-0.15, -0.1) is 0 Å². The van der Waals surface area contributed by atoms with Crippen LogP contribution in [0.2, 0.25) is 0 Å². The van der Waals surface area contributed by atoms with Crippen LogP contribution < -0.4 is 20.3 Å². The Hall–Kier alpha value is -2.34. The van der Waals surface area contributed by atoms with Crippen molar-refractivity contribution in [3.05, 3.63) is 59.7 Å². The highest BCUT2D eigenvalue weighted by Gasteiger charge is 2.10. The second kappa shape index (κ2) is 10.9. The fourth-order valence-corrected chi connectivity index (χ4v) is 3.98. The average Bonchev–Trinajstić information content (AvgIpc) is 2.77. The van der Waals surface area contributed by atoms with Gasteiger partial charge in [-0.3, -0.25) is 0 Å². The summed E-state index contributed by atoms with van der Waals surface area (Å²) in [6.45, 7) is 6.59. The molecule has 28 heavy (non-hydrogen) atoms. The van der Waals surface area contributed by atoms with Crippen molar-refractivity contribution in [2.45, 2.75) is 20.0 Å². The molecule has 1 fully saturated rings. The number of thioether (sulfide) groups is 1. The molecule has 0 aromatic heterocycles. The number of rotatable bonds is 7. The van der Waals surface area contributed by atoms with Crippen molar-refractivity contribution in [3.63, 3.8) is 0 Å². The number of guanidine groups is 1. The number of anilines is 1. The summed E-state index contributed by atoms with van der Waals surface area (Å²) in [5.74, 6) is 4.14. The Balaban J connectivity index is 1.54. The van der Waals surface area contributed by atoms with Gasteiger partial charge in [0.1, 0.15) is 5.75 Å². The molecule has 0 unspecified atom stereocenters. The molecule has 0 aliphatic carbocycles. The monoisotopic (exact) mass is 398 g/mol. The van der Waals surface area contributed by atoms with Crippen LogP contribution in [0.5, 0.6) is 5.75 Å². The molecule has 6 heteroatoms. The lowest BCUT2D eigenvalue weighted by molar-refractivity contribution is 0.414. The molecule has 1 aliphatic heterocycles. The van der Waals surface area contributed by atoms with Crippen LogP contribution in [0.1, 0.15) is 18.1 Å². The molecule has 2 aromatic rings. The van der Waals surface area contributed by atoms with Gasteiger partial charge in [-0.25, -0.2) is 4.99 Å². The molecule has 0 amide bonds. The molecule has 1 saturated heterocycles. The third-order valence-electron chi connectivity index (χ3n) is 4.70. The largest absolute Gasteiger partial charge is 0.497 e. The number of aliphatic imine (C=N–C) groups is 1. The molecule has 5 nitrogen and oxygen atoms in total. The second-order valence-electron chi connectivity index (χ2n) is 6.66. The van der Waals surface area contributed by atoms with Crippen LogP contribution in [-0.2, 0) is 13.1 Å². The summed E-state index contributed by atoms with van der Waals surface area (Å²) < 4.78 is 5.20. The molecular formula is C22H30N4OS. The topological polar surface area (TPSA) is 48.9 Å². The molecule has 1 aliphatic rings. The highest BCUT2D eigenvalue weighted by Crippen LogP contribution is 2.19. The van der Waals surface area contributed by atoms with Crippen LogP contribution in [0.25, 0.3) is 0 Å². The number of nitrogens with zero attached hydrogens (tertiary/aromatic N) is 2. The summed E-state index contributed by atoms with van der Waals surface area (Å²) in [6.07, 6.45) is 0. The molecule has 0 saturated carbocycles. The quantitative estimate of drug-likeness (QED) is 0.552. The van der Waals surface area contributed by atoms with Gasteiger partial charge in [0, 0.05) is 43.4 Å². The van der Waals surface area contributed by atoms with Crippen LogP contribution in [0.15, 0.2) is 53.5 Å². The number of hydrogen-bond acceptors (Lipinski definition) is 4. The van der Waals surface area contributed by atoms with Gasteiger partial charge < -0.3 is 20.3 Å².